The van der Waals surface area contributed by atoms with Crippen molar-refractivity contribution in [3.63, 3.8) is 0 Å². The second kappa shape index (κ2) is 5.02. The molecule has 0 radical (unpaired) electrons. The first-order valence-electron chi connectivity index (χ1n) is 4.65. The van der Waals surface area contributed by atoms with Crippen molar-refractivity contribution in [1.82, 2.24) is 0 Å². The Kier molecular flexibility index (Phi) is 3.96. The molecule has 2 atom stereocenters. The Morgan fingerprint density at radius 3 is 3.00 bits per heavy atom. The van der Waals surface area contributed by atoms with Gasteiger partial charge in [0.25, 0.3) is 0 Å². The topological polar surface area (TPSA) is 35.5 Å². The van der Waals surface area contributed by atoms with Crippen molar-refractivity contribution in [3.05, 3.63) is 12.2 Å². The summed E-state index contributed by atoms with van der Waals surface area (Å²) < 4.78 is 10.1. The van der Waals surface area contributed by atoms with Crippen molar-refractivity contribution >= 4 is 5.97 Å². The lowest BCUT2D eigenvalue weighted by atomic mass is 9.92. The van der Waals surface area contributed by atoms with E-state index in [1.807, 2.05) is 19.1 Å². The van der Waals surface area contributed by atoms with Gasteiger partial charge in [0.2, 0.25) is 0 Å². The van der Waals surface area contributed by atoms with E-state index in [1.54, 1.807) is 7.11 Å². The second-order valence-corrected chi connectivity index (χ2v) is 3.06. The zero-order valence-corrected chi connectivity index (χ0v) is 8.16. The van der Waals surface area contributed by atoms with Crippen LogP contribution < -0.4 is 0 Å². The zero-order chi connectivity index (χ0) is 9.68. The van der Waals surface area contributed by atoms with E-state index in [9.17, 15) is 4.79 Å². The highest BCUT2D eigenvalue weighted by atomic mass is 16.5. The van der Waals surface area contributed by atoms with Gasteiger partial charge >= 0.3 is 5.97 Å². The molecule has 0 bridgehead atoms. The van der Waals surface area contributed by atoms with Gasteiger partial charge in [-0.25, -0.2) is 0 Å². The normalized spacial score (nSPS) is 27.2. The van der Waals surface area contributed by atoms with Crippen molar-refractivity contribution in [2.45, 2.75) is 25.9 Å². The van der Waals surface area contributed by atoms with Crippen LogP contribution in [-0.2, 0) is 14.3 Å². The van der Waals surface area contributed by atoms with E-state index < -0.39 is 0 Å². The SMILES string of the molecule is CCOC(=O)[C@@H]1CCC=C[C@@H]1OC. The number of allylic oxidation sites excluding steroid dienone is 1. The minimum Gasteiger partial charge on any atom is -0.466 e. The molecular formula is C10H16O3. The maximum absolute atomic E-state index is 11.4. The van der Waals surface area contributed by atoms with Gasteiger partial charge in [-0.1, -0.05) is 12.2 Å². The van der Waals surface area contributed by atoms with Crippen LogP contribution in [0, 0.1) is 5.92 Å². The monoisotopic (exact) mass is 184 g/mol. The van der Waals surface area contributed by atoms with Crippen LogP contribution in [0.1, 0.15) is 19.8 Å². The molecule has 3 heteroatoms. The molecule has 0 spiro atoms. The van der Waals surface area contributed by atoms with Gasteiger partial charge in [0, 0.05) is 7.11 Å². The average Bonchev–Trinajstić information content (AvgIpc) is 2.18. The number of esters is 1. The smallest absolute Gasteiger partial charge is 0.311 e. The fourth-order valence-corrected chi connectivity index (χ4v) is 1.55. The second-order valence-electron chi connectivity index (χ2n) is 3.06. The largest absolute Gasteiger partial charge is 0.466 e. The summed E-state index contributed by atoms with van der Waals surface area (Å²) in [6.45, 7) is 2.26. The number of carbonyl (C=O) groups excluding carboxylic acids is 1. The number of hydrogen-bond donors (Lipinski definition) is 0. The van der Waals surface area contributed by atoms with E-state index >= 15 is 0 Å². The van der Waals surface area contributed by atoms with Crippen LogP contribution in [0.15, 0.2) is 12.2 Å². The van der Waals surface area contributed by atoms with Gasteiger partial charge in [-0.05, 0) is 19.8 Å². The number of methoxy groups -OCH3 is 1. The molecule has 0 aliphatic heterocycles. The number of rotatable bonds is 3. The average molecular weight is 184 g/mol. The van der Waals surface area contributed by atoms with E-state index in [0.29, 0.717) is 6.61 Å². The summed E-state index contributed by atoms with van der Waals surface area (Å²) in [5.41, 5.74) is 0. The van der Waals surface area contributed by atoms with Gasteiger partial charge in [-0.3, -0.25) is 4.79 Å². The lowest BCUT2D eigenvalue weighted by molar-refractivity contribution is -0.152. The van der Waals surface area contributed by atoms with Crippen LogP contribution in [0.25, 0.3) is 0 Å². The predicted molar refractivity (Wildman–Crippen MR) is 49.3 cm³/mol. The molecule has 13 heavy (non-hydrogen) atoms. The third-order valence-electron chi connectivity index (χ3n) is 2.23. The van der Waals surface area contributed by atoms with Crippen LogP contribution in [0.3, 0.4) is 0 Å². The number of carbonyl (C=O) groups is 1. The van der Waals surface area contributed by atoms with Crippen molar-refractivity contribution in [3.8, 4) is 0 Å². The lowest BCUT2D eigenvalue weighted by Crippen LogP contribution is -2.31. The minimum absolute atomic E-state index is 0.104. The molecule has 1 rings (SSSR count). The fourth-order valence-electron chi connectivity index (χ4n) is 1.55. The summed E-state index contributed by atoms with van der Waals surface area (Å²) in [6.07, 6.45) is 5.64. The van der Waals surface area contributed by atoms with Crippen molar-refractivity contribution < 1.29 is 14.3 Å². The molecule has 3 nitrogen and oxygen atoms in total. The van der Waals surface area contributed by atoms with Crippen LogP contribution in [0.5, 0.6) is 0 Å². The summed E-state index contributed by atoms with van der Waals surface area (Å²) >= 11 is 0. The molecule has 0 heterocycles. The van der Waals surface area contributed by atoms with Crippen LogP contribution in [0.2, 0.25) is 0 Å². The van der Waals surface area contributed by atoms with Crippen LogP contribution in [0.4, 0.5) is 0 Å². The number of hydrogen-bond acceptors (Lipinski definition) is 3. The first-order valence-corrected chi connectivity index (χ1v) is 4.65. The molecule has 1 aliphatic carbocycles. The first kappa shape index (κ1) is 10.3. The molecule has 0 aromatic heterocycles. The molecule has 0 saturated carbocycles. The molecule has 0 unspecified atom stereocenters. The van der Waals surface area contributed by atoms with E-state index in [-0.39, 0.29) is 18.0 Å². The molecule has 0 saturated heterocycles. The molecule has 0 amide bonds. The van der Waals surface area contributed by atoms with Gasteiger partial charge in [-0.2, -0.15) is 0 Å². The Hall–Kier alpha value is -0.830. The Labute approximate surface area is 78.7 Å². The molecule has 0 fully saturated rings. The van der Waals surface area contributed by atoms with E-state index in [0.717, 1.165) is 12.8 Å². The van der Waals surface area contributed by atoms with Crippen LogP contribution >= 0.6 is 0 Å². The standard InChI is InChI=1S/C10H16O3/c1-3-13-10(11)8-6-4-5-7-9(8)12-2/h5,7-9H,3-4,6H2,1-2H3/t8-,9+/m1/s1. The van der Waals surface area contributed by atoms with Gasteiger partial charge in [-0.15, -0.1) is 0 Å². The maximum atomic E-state index is 11.4. The zero-order valence-electron chi connectivity index (χ0n) is 8.16. The fraction of sp³-hybridized carbons (Fsp3) is 0.700. The summed E-state index contributed by atoms with van der Waals surface area (Å²) in [7, 11) is 1.62. The van der Waals surface area contributed by atoms with Gasteiger partial charge in [0.1, 0.15) is 0 Å². The molecular weight excluding hydrogens is 168 g/mol. The summed E-state index contributed by atoms with van der Waals surface area (Å²) in [6, 6.07) is 0. The quantitative estimate of drug-likeness (QED) is 0.493. The Morgan fingerprint density at radius 2 is 2.38 bits per heavy atom. The summed E-state index contributed by atoms with van der Waals surface area (Å²) in [5.74, 6) is -0.256. The minimum atomic E-state index is -0.140. The van der Waals surface area contributed by atoms with E-state index in [2.05, 4.69) is 0 Å². The highest BCUT2D eigenvalue weighted by Crippen LogP contribution is 2.22. The molecule has 74 valence electrons. The highest BCUT2D eigenvalue weighted by Gasteiger charge is 2.29. The molecule has 0 N–H and O–H groups in total. The molecule has 0 aromatic carbocycles. The van der Waals surface area contributed by atoms with E-state index in [1.165, 1.54) is 0 Å². The van der Waals surface area contributed by atoms with Crippen molar-refractivity contribution in [2.75, 3.05) is 13.7 Å². The molecule has 0 aromatic rings. The van der Waals surface area contributed by atoms with Gasteiger partial charge < -0.3 is 9.47 Å². The van der Waals surface area contributed by atoms with E-state index in [4.69, 9.17) is 9.47 Å². The van der Waals surface area contributed by atoms with Gasteiger partial charge in [0.05, 0.1) is 18.6 Å². The van der Waals surface area contributed by atoms with Crippen molar-refractivity contribution in [2.24, 2.45) is 5.92 Å². The Morgan fingerprint density at radius 1 is 1.62 bits per heavy atom. The predicted octanol–water partition coefficient (Wildman–Crippen LogP) is 1.53. The summed E-state index contributed by atoms with van der Waals surface area (Å²) in [5, 5.41) is 0. The van der Waals surface area contributed by atoms with Crippen molar-refractivity contribution in [1.29, 1.82) is 0 Å². The van der Waals surface area contributed by atoms with Gasteiger partial charge in [0.15, 0.2) is 0 Å². The highest BCUT2D eigenvalue weighted by molar-refractivity contribution is 5.73. The third-order valence-corrected chi connectivity index (χ3v) is 2.23. The Balaban J connectivity index is 2.56. The molecule has 1 aliphatic rings. The third kappa shape index (κ3) is 2.56. The Bertz CT molecular complexity index is 198. The lowest BCUT2D eigenvalue weighted by Gasteiger charge is -2.24. The number of ether oxygens (including phenoxy) is 2. The van der Waals surface area contributed by atoms with Crippen LogP contribution in [-0.4, -0.2) is 25.8 Å². The first-order chi connectivity index (χ1) is 6.29. The maximum Gasteiger partial charge on any atom is 0.311 e. The summed E-state index contributed by atoms with van der Waals surface area (Å²) in [4.78, 5) is 11.4.